The van der Waals surface area contributed by atoms with E-state index in [4.69, 9.17) is 0 Å². The molecule has 0 saturated carbocycles. The number of para-hydroxylation sites is 1. The Labute approximate surface area is 101 Å². The number of aliphatic hydroxyl groups is 1. The third-order valence-electron chi connectivity index (χ3n) is 3.28. The zero-order chi connectivity index (χ0) is 13.0. The number of rotatable bonds is 5. The van der Waals surface area contributed by atoms with Crippen LogP contribution in [0.4, 0.5) is 5.69 Å². The lowest BCUT2D eigenvalue weighted by molar-refractivity contribution is -0.385. The molecule has 0 heterocycles. The van der Waals surface area contributed by atoms with E-state index >= 15 is 0 Å². The predicted molar refractivity (Wildman–Crippen MR) is 66.8 cm³/mol. The summed E-state index contributed by atoms with van der Waals surface area (Å²) in [4.78, 5) is 10.4. The summed E-state index contributed by atoms with van der Waals surface area (Å²) < 4.78 is 0. The molecule has 17 heavy (non-hydrogen) atoms. The summed E-state index contributed by atoms with van der Waals surface area (Å²) in [6.45, 7) is 6.03. The standard InChI is InChI=1S/C13H19NO3/c1-9(2)10(3)13(15)8-11-6-4-5-7-12(11)14(16)17/h4-7,9-10,13,15H,8H2,1-3H3. The fourth-order valence-electron chi connectivity index (χ4n) is 1.72. The van der Waals surface area contributed by atoms with Crippen LogP contribution in [0.1, 0.15) is 26.3 Å². The molecule has 94 valence electrons. The molecule has 0 radical (unpaired) electrons. The molecule has 1 N–H and O–H groups in total. The van der Waals surface area contributed by atoms with Gasteiger partial charge in [0.2, 0.25) is 0 Å². The van der Waals surface area contributed by atoms with E-state index in [2.05, 4.69) is 0 Å². The van der Waals surface area contributed by atoms with Gasteiger partial charge in [0.1, 0.15) is 0 Å². The molecule has 0 spiro atoms. The summed E-state index contributed by atoms with van der Waals surface area (Å²) in [5.41, 5.74) is 0.681. The van der Waals surface area contributed by atoms with Crippen LogP contribution in [0.5, 0.6) is 0 Å². The second-order valence-corrected chi connectivity index (χ2v) is 4.76. The van der Waals surface area contributed by atoms with Crippen molar-refractivity contribution in [3.8, 4) is 0 Å². The molecule has 1 rings (SSSR count). The molecule has 0 fully saturated rings. The van der Waals surface area contributed by atoms with Crippen LogP contribution in [0.25, 0.3) is 0 Å². The Morgan fingerprint density at radius 3 is 2.41 bits per heavy atom. The second kappa shape index (κ2) is 5.77. The number of nitro groups is 1. The fourth-order valence-corrected chi connectivity index (χ4v) is 1.72. The van der Waals surface area contributed by atoms with Gasteiger partial charge in [-0.05, 0) is 11.8 Å². The largest absolute Gasteiger partial charge is 0.392 e. The lowest BCUT2D eigenvalue weighted by Gasteiger charge is -2.22. The Morgan fingerprint density at radius 1 is 1.29 bits per heavy atom. The van der Waals surface area contributed by atoms with Crippen molar-refractivity contribution in [3.63, 3.8) is 0 Å². The minimum absolute atomic E-state index is 0.0857. The van der Waals surface area contributed by atoms with Crippen LogP contribution in [-0.2, 0) is 6.42 Å². The molecule has 0 aromatic heterocycles. The highest BCUT2D eigenvalue weighted by Gasteiger charge is 2.21. The zero-order valence-corrected chi connectivity index (χ0v) is 10.5. The van der Waals surface area contributed by atoms with E-state index in [0.717, 1.165) is 0 Å². The van der Waals surface area contributed by atoms with E-state index < -0.39 is 11.0 Å². The molecule has 0 aliphatic rings. The Morgan fingerprint density at radius 2 is 1.88 bits per heavy atom. The van der Waals surface area contributed by atoms with Crippen molar-refractivity contribution in [2.45, 2.75) is 33.3 Å². The Bertz CT molecular complexity index is 390. The average molecular weight is 237 g/mol. The predicted octanol–water partition coefficient (Wildman–Crippen LogP) is 2.79. The number of aliphatic hydroxyl groups excluding tert-OH is 1. The first-order valence-corrected chi connectivity index (χ1v) is 5.83. The molecule has 0 aliphatic carbocycles. The van der Waals surface area contributed by atoms with Gasteiger partial charge in [0.25, 0.3) is 5.69 Å². The molecule has 1 aromatic rings. The summed E-state index contributed by atoms with van der Waals surface area (Å²) >= 11 is 0. The van der Waals surface area contributed by atoms with Crippen LogP contribution in [0.15, 0.2) is 24.3 Å². The maximum Gasteiger partial charge on any atom is 0.272 e. The quantitative estimate of drug-likeness (QED) is 0.632. The van der Waals surface area contributed by atoms with Gasteiger partial charge in [-0.25, -0.2) is 0 Å². The highest BCUT2D eigenvalue weighted by Crippen LogP contribution is 2.23. The third kappa shape index (κ3) is 3.53. The number of hydrogen-bond donors (Lipinski definition) is 1. The summed E-state index contributed by atoms with van der Waals surface area (Å²) in [6, 6.07) is 6.57. The molecule has 0 saturated heterocycles. The van der Waals surface area contributed by atoms with Gasteiger partial charge in [-0.3, -0.25) is 10.1 Å². The molecule has 1 aromatic carbocycles. The second-order valence-electron chi connectivity index (χ2n) is 4.76. The molecular formula is C13H19NO3. The van der Waals surface area contributed by atoms with Gasteiger partial charge in [-0.15, -0.1) is 0 Å². The normalized spacial score (nSPS) is 14.6. The molecule has 0 aliphatic heterocycles. The molecule has 4 heteroatoms. The smallest absolute Gasteiger partial charge is 0.272 e. The maximum atomic E-state index is 10.8. The van der Waals surface area contributed by atoms with Crippen molar-refractivity contribution in [2.75, 3.05) is 0 Å². The SMILES string of the molecule is CC(C)C(C)C(O)Cc1ccccc1[N+](=O)[O-]. The van der Waals surface area contributed by atoms with E-state index in [9.17, 15) is 15.2 Å². The molecule has 0 bridgehead atoms. The highest BCUT2D eigenvalue weighted by molar-refractivity contribution is 5.40. The number of nitrogens with zero attached hydrogens (tertiary/aromatic N) is 1. The lowest BCUT2D eigenvalue weighted by atomic mass is 9.88. The van der Waals surface area contributed by atoms with Crippen LogP contribution in [0.2, 0.25) is 0 Å². The minimum Gasteiger partial charge on any atom is -0.392 e. The van der Waals surface area contributed by atoms with E-state index in [1.54, 1.807) is 18.2 Å². The minimum atomic E-state index is -0.545. The molecule has 4 nitrogen and oxygen atoms in total. The number of hydrogen-bond acceptors (Lipinski definition) is 3. The van der Waals surface area contributed by atoms with E-state index in [1.807, 2.05) is 20.8 Å². The van der Waals surface area contributed by atoms with Gasteiger partial charge in [0.05, 0.1) is 11.0 Å². The van der Waals surface area contributed by atoms with Crippen molar-refractivity contribution in [3.05, 3.63) is 39.9 Å². The van der Waals surface area contributed by atoms with E-state index in [0.29, 0.717) is 17.9 Å². The van der Waals surface area contributed by atoms with Crippen LogP contribution >= 0.6 is 0 Å². The number of benzene rings is 1. The van der Waals surface area contributed by atoms with E-state index in [1.165, 1.54) is 6.07 Å². The Kier molecular flexibility index (Phi) is 4.63. The van der Waals surface area contributed by atoms with Gasteiger partial charge < -0.3 is 5.11 Å². The summed E-state index contributed by atoms with van der Waals surface area (Å²) in [5.74, 6) is 0.475. The highest BCUT2D eigenvalue weighted by atomic mass is 16.6. The van der Waals surface area contributed by atoms with Crippen molar-refractivity contribution in [1.82, 2.24) is 0 Å². The van der Waals surface area contributed by atoms with Gasteiger partial charge in [0, 0.05) is 18.1 Å². The first-order chi connectivity index (χ1) is 7.93. The first-order valence-electron chi connectivity index (χ1n) is 5.83. The topological polar surface area (TPSA) is 63.4 Å². The van der Waals surface area contributed by atoms with Crippen molar-refractivity contribution < 1.29 is 10.0 Å². The van der Waals surface area contributed by atoms with Crippen LogP contribution < -0.4 is 0 Å². The monoisotopic (exact) mass is 237 g/mol. The molecule has 2 atom stereocenters. The maximum absolute atomic E-state index is 10.8. The van der Waals surface area contributed by atoms with E-state index in [-0.39, 0.29) is 11.6 Å². The van der Waals surface area contributed by atoms with Crippen molar-refractivity contribution in [2.24, 2.45) is 11.8 Å². The van der Waals surface area contributed by atoms with Crippen molar-refractivity contribution in [1.29, 1.82) is 0 Å². The van der Waals surface area contributed by atoms with Crippen LogP contribution in [-0.4, -0.2) is 16.1 Å². The molecular weight excluding hydrogens is 218 g/mol. The number of nitro benzene ring substituents is 1. The van der Waals surface area contributed by atoms with Crippen molar-refractivity contribution >= 4 is 5.69 Å². The lowest BCUT2D eigenvalue weighted by Crippen LogP contribution is -2.24. The van der Waals surface area contributed by atoms with Gasteiger partial charge >= 0.3 is 0 Å². The van der Waals surface area contributed by atoms with Crippen LogP contribution in [0.3, 0.4) is 0 Å². The first kappa shape index (κ1) is 13.6. The van der Waals surface area contributed by atoms with Gasteiger partial charge in [0.15, 0.2) is 0 Å². The fraction of sp³-hybridized carbons (Fsp3) is 0.538. The molecule has 0 amide bonds. The Balaban J connectivity index is 2.84. The zero-order valence-electron chi connectivity index (χ0n) is 10.5. The van der Waals surface area contributed by atoms with Gasteiger partial charge in [-0.1, -0.05) is 39.0 Å². The third-order valence-corrected chi connectivity index (χ3v) is 3.28. The average Bonchev–Trinajstić information content (AvgIpc) is 2.28. The Hall–Kier alpha value is -1.42. The summed E-state index contributed by atoms with van der Waals surface area (Å²) in [5, 5.41) is 20.9. The van der Waals surface area contributed by atoms with Crippen LogP contribution in [0, 0.1) is 22.0 Å². The van der Waals surface area contributed by atoms with Gasteiger partial charge in [-0.2, -0.15) is 0 Å². The molecule has 2 unspecified atom stereocenters. The summed E-state index contributed by atoms with van der Waals surface area (Å²) in [6.07, 6.45) is -0.215. The summed E-state index contributed by atoms with van der Waals surface area (Å²) in [7, 11) is 0.